The molecule has 42 heavy (non-hydrogen) atoms. The summed E-state index contributed by atoms with van der Waals surface area (Å²) < 4.78 is 37.9. The normalized spacial score (nSPS) is 23.0. The highest BCUT2D eigenvalue weighted by molar-refractivity contribution is 6.02. The molecule has 1 N–H and O–H groups in total. The van der Waals surface area contributed by atoms with Crippen molar-refractivity contribution in [2.24, 2.45) is 0 Å². The molecule has 8 heteroatoms. The van der Waals surface area contributed by atoms with Gasteiger partial charge < -0.3 is 15.0 Å². The molecule has 2 bridgehead atoms. The molecule has 0 aliphatic carbocycles. The molecule has 6 heterocycles. The number of piperazine rings is 1. The van der Waals surface area contributed by atoms with Crippen molar-refractivity contribution in [3.05, 3.63) is 59.8 Å². The molecular formula is C34H33F2N5O. The summed E-state index contributed by atoms with van der Waals surface area (Å²) in [5.41, 5.74) is 1.80. The van der Waals surface area contributed by atoms with Gasteiger partial charge in [-0.05, 0) is 63.1 Å². The van der Waals surface area contributed by atoms with Crippen molar-refractivity contribution in [3.63, 3.8) is 0 Å². The number of pyridine rings is 2. The molecule has 4 aliphatic heterocycles. The molecule has 0 radical (unpaired) electrons. The van der Waals surface area contributed by atoms with Crippen LogP contribution in [-0.2, 0) is 0 Å². The summed E-state index contributed by atoms with van der Waals surface area (Å²) in [4.78, 5) is 14.3. The molecule has 2 aromatic carbocycles. The van der Waals surface area contributed by atoms with Gasteiger partial charge in [0.15, 0.2) is 5.82 Å². The Morgan fingerprint density at radius 3 is 2.62 bits per heavy atom. The number of benzene rings is 2. The van der Waals surface area contributed by atoms with Crippen LogP contribution in [0.5, 0.6) is 5.88 Å². The largest absolute Gasteiger partial charge is 0.476 e. The Labute approximate surface area is 244 Å². The zero-order chi connectivity index (χ0) is 28.4. The van der Waals surface area contributed by atoms with E-state index in [2.05, 4.69) is 26.0 Å². The molecule has 4 aliphatic rings. The second kappa shape index (κ2) is 9.89. The Balaban J connectivity index is 1.27. The third-order valence-electron chi connectivity index (χ3n) is 10.0. The molecule has 2 aromatic heterocycles. The van der Waals surface area contributed by atoms with Gasteiger partial charge in [-0.15, -0.1) is 6.42 Å². The van der Waals surface area contributed by atoms with Gasteiger partial charge in [0.2, 0.25) is 5.88 Å². The number of nitrogens with zero attached hydrogens (tertiary/aromatic N) is 4. The van der Waals surface area contributed by atoms with Gasteiger partial charge >= 0.3 is 0 Å². The third-order valence-corrected chi connectivity index (χ3v) is 10.0. The van der Waals surface area contributed by atoms with Crippen molar-refractivity contribution in [1.29, 1.82) is 0 Å². The Hall–Kier alpha value is -3.80. The van der Waals surface area contributed by atoms with E-state index in [0.29, 0.717) is 40.9 Å². The van der Waals surface area contributed by atoms with E-state index in [9.17, 15) is 4.39 Å². The van der Waals surface area contributed by atoms with Crippen molar-refractivity contribution in [3.8, 4) is 29.5 Å². The highest BCUT2D eigenvalue weighted by Crippen LogP contribution is 2.41. The molecule has 8 rings (SSSR count). The standard InChI is InChI=1S/C34H33F2N5O/c1-2-24-27(35)11-8-21-6-3-7-25(30(21)24)32-31(36)33-26(17-37-32)28(40-18-22-9-10-23(19-40)38-22)16-29(39-33)42-20-34-12-4-14-41(34)15-5-13-34/h1,3,6-8,11,16-17,22-23,38H,4-5,9-10,12-15,18-20H2. The Kier molecular flexibility index (Phi) is 6.09. The highest BCUT2D eigenvalue weighted by Gasteiger charge is 2.45. The van der Waals surface area contributed by atoms with Crippen molar-refractivity contribution < 1.29 is 13.5 Å². The smallest absolute Gasteiger partial charge is 0.216 e. The minimum absolute atomic E-state index is 0.0472. The number of ether oxygens (including phenoxy) is 1. The van der Waals surface area contributed by atoms with Crippen LogP contribution in [0.2, 0.25) is 0 Å². The van der Waals surface area contributed by atoms with Gasteiger partial charge in [-0.2, -0.15) is 0 Å². The number of terminal acetylenes is 1. The molecule has 0 amide bonds. The van der Waals surface area contributed by atoms with Crippen LogP contribution >= 0.6 is 0 Å². The minimum Gasteiger partial charge on any atom is -0.476 e. The molecule has 4 fully saturated rings. The van der Waals surface area contributed by atoms with Crippen molar-refractivity contribution in [2.45, 2.75) is 56.1 Å². The van der Waals surface area contributed by atoms with Gasteiger partial charge in [-0.25, -0.2) is 13.8 Å². The van der Waals surface area contributed by atoms with Crippen molar-refractivity contribution >= 4 is 27.4 Å². The van der Waals surface area contributed by atoms with E-state index >= 15 is 4.39 Å². The van der Waals surface area contributed by atoms with E-state index in [1.165, 1.54) is 18.9 Å². The monoisotopic (exact) mass is 565 g/mol. The summed E-state index contributed by atoms with van der Waals surface area (Å²) in [7, 11) is 0. The fraction of sp³-hybridized carbons (Fsp3) is 0.412. The lowest BCUT2D eigenvalue weighted by atomic mass is 9.95. The third kappa shape index (κ3) is 4.05. The van der Waals surface area contributed by atoms with Crippen LogP contribution in [0, 0.1) is 24.0 Å². The minimum atomic E-state index is -0.557. The van der Waals surface area contributed by atoms with Crippen LogP contribution in [0.4, 0.5) is 14.5 Å². The van der Waals surface area contributed by atoms with Crippen LogP contribution in [0.15, 0.2) is 42.6 Å². The first-order valence-corrected chi connectivity index (χ1v) is 15.1. The summed E-state index contributed by atoms with van der Waals surface area (Å²) in [5, 5.41) is 5.53. The van der Waals surface area contributed by atoms with Crippen molar-refractivity contribution in [1.82, 2.24) is 20.2 Å². The fourth-order valence-corrected chi connectivity index (χ4v) is 7.99. The Morgan fingerprint density at radius 2 is 1.86 bits per heavy atom. The van der Waals surface area contributed by atoms with Gasteiger partial charge in [-0.1, -0.05) is 30.2 Å². The second-order valence-corrected chi connectivity index (χ2v) is 12.4. The fourth-order valence-electron chi connectivity index (χ4n) is 7.99. The summed E-state index contributed by atoms with van der Waals surface area (Å²) in [6, 6.07) is 11.2. The molecule has 2 unspecified atom stereocenters. The number of anilines is 1. The topological polar surface area (TPSA) is 53.5 Å². The van der Waals surface area contributed by atoms with Gasteiger partial charge in [0.05, 0.1) is 16.8 Å². The summed E-state index contributed by atoms with van der Waals surface area (Å²) in [6.45, 7) is 4.44. The van der Waals surface area contributed by atoms with Gasteiger partial charge in [-0.3, -0.25) is 9.88 Å². The number of hydrogen-bond donors (Lipinski definition) is 1. The van der Waals surface area contributed by atoms with E-state index in [0.717, 1.165) is 62.9 Å². The number of hydrogen-bond acceptors (Lipinski definition) is 6. The Bertz CT molecular complexity index is 1750. The molecular weight excluding hydrogens is 532 g/mol. The molecule has 0 saturated carbocycles. The molecule has 4 saturated heterocycles. The maximum atomic E-state index is 16.7. The van der Waals surface area contributed by atoms with Crippen LogP contribution in [0.3, 0.4) is 0 Å². The first-order chi connectivity index (χ1) is 20.5. The average Bonchev–Trinajstić information content (AvgIpc) is 3.69. The van der Waals surface area contributed by atoms with Crippen molar-refractivity contribution in [2.75, 3.05) is 37.7 Å². The number of nitrogens with one attached hydrogen (secondary N) is 1. The van der Waals surface area contributed by atoms with Gasteiger partial charge in [0, 0.05) is 53.8 Å². The number of halogens is 2. The van der Waals surface area contributed by atoms with Gasteiger partial charge in [0.25, 0.3) is 0 Å². The lowest BCUT2D eigenvalue weighted by molar-refractivity contribution is 0.111. The molecule has 2 atom stereocenters. The van der Waals surface area contributed by atoms with Crippen LogP contribution in [-0.4, -0.2) is 65.3 Å². The molecule has 4 aromatic rings. The van der Waals surface area contributed by atoms with Crippen LogP contribution in [0.25, 0.3) is 32.9 Å². The average molecular weight is 566 g/mol. The second-order valence-electron chi connectivity index (χ2n) is 12.4. The molecule has 6 nitrogen and oxygen atoms in total. The van der Waals surface area contributed by atoms with E-state index in [4.69, 9.17) is 16.1 Å². The van der Waals surface area contributed by atoms with E-state index in [1.807, 2.05) is 18.2 Å². The SMILES string of the molecule is C#Cc1c(F)ccc2cccc(-c3ncc4c(N5CC6CCC(C5)N6)cc(OCC56CCCN5CCC6)nc4c3F)c12. The highest BCUT2D eigenvalue weighted by atomic mass is 19.1. The summed E-state index contributed by atoms with van der Waals surface area (Å²) in [6.07, 6.45) is 14.3. The maximum Gasteiger partial charge on any atom is 0.216 e. The Morgan fingerprint density at radius 1 is 1.07 bits per heavy atom. The lowest BCUT2D eigenvalue weighted by Crippen LogP contribution is -2.51. The number of rotatable bonds is 5. The predicted octanol–water partition coefficient (Wildman–Crippen LogP) is 5.66. The lowest BCUT2D eigenvalue weighted by Gasteiger charge is -2.35. The first-order valence-electron chi connectivity index (χ1n) is 15.1. The van der Waals surface area contributed by atoms with E-state index in [-0.39, 0.29) is 22.3 Å². The van der Waals surface area contributed by atoms with E-state index < -0.39 is 11.6 Å². The van der Waals surface area contributed by atoms with E-state index in [1.54, 1.807) is 18.3 Å². The number of aromatic nitrogens is 2. The maximum absolute atomic E-state index is 16.7. The predicted molar refractivity (Wildman–Crippen MR) is 161 cm³/mol. The summed E-state index contributed by atoms with van der Waals surface area (Å²) in [5.74, 6) is 1.82. The quantitative estimate of drug-likeness (QED) is 0.316. The van der Waals surface area contributed by atoms with Crippen LogP contribution in [0.1, 0.15) is 44.1 Å². The van der Waals surface area contributed by atoms with Crippen LogP contribution < -0.4 is 15.0 Å². The zero-order valence-corrected chi connectivity index (χ0v) is 23.5. The first kappa shape index (κ1) is 25.9. The van der Waals surface area contributed by atoms with Gasteiger partial charge in [0.1, 0.15) is 23.6 Å². The zero-order valence-electron chi connectivity index (χ0n) is 23.5. The summed E-state index contributed by atoms with van der Waals surface area (Å²) >= 11 is 0. The molecule has 0 spiro atoms. The number of fused-ring (bicyclic) bond motifs is 5. The molecule has 214 valence electrons.